The van der Waals surface area contributed by atoms with Crippen LogP contribution in [0, 0.1) is 17.8 Å². The van der Waals surface area contributed by atoms with Crippen molar-refractivity contribution in [3.8, 4) is 11.8 Å². The fourth-order valence-electron chi connectivity index (χ4n) is 1.36. The molecule has 1 fully saturated rings. The first-order chi connectivity index (χ1) is 6.33. The number of amides is 1. The molecule has 1 unspecified atom stereocenters. The average molecular weight is 181 g/mol. The van der Waals surface area contributed by atoms with Gasteiger partial charge in [-0.05, 0) is 31.6 Å². The van der Waals surface area contributed by atoms with Gasteiger partial charge in [-0.25, -0.2) is 0 Å². The fraction of sp³-hybridized carbons (Fsp3) is 0.700. The van der Waals surface area contributed by atoms with Crippen LogP contribution in [-0.2, 0) is 9.53 Å². The molecular formula is C10H15NO2. The molecule has 1 rings (SSSR count). The lowest BCUT2D eigenvalue weighted by Crippen LogP contribution is -2.32. The Hall–Kier alpha value is -1.01. The Bertz CT molecular complexity index is 221. The lowest BCUT2D eigenvalue weighted by molar-refractivity contribution is -0.116. The van der Waals surface area contributed by atoms with Gasteiger partial charge >= 0.3 is 0 Å². The smallest absolute Gasteiger partial charge is 0.295 e. The molecule has 0 aromatic carbocycles. The molecule has 0 saturated carbocycles. The van der Waals surface area contributed by atoms with Crippen LogP contribution in [0.25, 0.3) is 0 Å². The van der Waals surface area contributed by atoms with Crippen LogP contribution in [0.1, 0.15) is 19.8 Å². The van der Waals surface area contributed by atoms with Crippen LogP contribution in [-0.4, -0.2) is 25.7 Å². The van der Waals surface area contributed by atoms with Crippen molar-refractivity contribution in [2.45, 2.75) is 19.8 Å². The fourth-order valence-corrected chi connectivity index (χ4v) is 1.36. The van der Waals surface area contributed by atoms with Gasteiger partial charge in [0, 0.05) is 13.2 Å². The molecule has 1 amide bonds. The zero-order chi connectivity index (χ0) is 9.52. The second-order valence-corrected chi connectivity index (χ2v) is 3.17. The molecule has 0 aromatic heterocycles. The van der Waals surface area contributed by atoms with Gasteiger partial charge in [0.25, 0.3) is 5.91 Å². The first-order valence-corrected chi connectivity index (χ1v) is 4.61. The number of ether oxygens (including phenoxy) is 1. The summed E-state index contributed by atoms with van der Waals surface area (Å²) in [5.41, 5.74) is 0. The third kappa shape index (κ3) is 3.95. The maximum atomic E-state index is 11.0. The minimum absolute atomic E-state index is 0.187. The first kappa shape index (κ1) is 10.1. The van der Waals surface area contributed by atoms with E-state index in [1.807, 2.05) is 0 Å². The summed E-state index contributed by atoms with van der Waals surface area (Å²) >= 11 is 0. The van der Waals surface area contributed by atoms with E-state index in [9.17, 15) is 4.79 Å². The van der Waals surface area contributed by atoms with Gasteiger partial charge in [0.15, 0.2) is 0 Å². The van der Waals surface area contributed by atoms with Crippen LogP contribution in [0.3, 0.4) is 0 Å². The highest BCUT2D eigenvalue weighted by Crippen LogP contribution is 2.11. The summed E-state index contributed by atoms with van der Waals surface area (Å²) in [6.07, 6.45) is 2.24. The lowest BCUT2D eigenvalue weighted by Gasteiger charge is -2.21. The van der Waals surface area contributed by atoms with Crippen molar-refractivity contribution in [2.75, 3.05) is 19.8 Å². The van der Waals surface area contributed by atoms with Gasteiger partial charge in [-0.3, -0.25) is 4.79 Å². The van der Waals surface area contributed by atoms with Gasteiger partial charge in [0.2, 0.25) is 0 Å². The van der Waals surface area contributed by atoms with E-state index in [0.717, 1.165) is 26.1 Å². The summed E-state index contributed by atoms with van der Waals surface area (Å²) in [7, 11) is 0. The van der Waals surface area contributed by atoms with Crippen LogP contribution in [0.2, 0.25) is 0 Å². The van der Waals surface area contributed by atoms with Gasteiger partial charge < -0.3 is 10.1 Å². The molecule has 0 spiro atoms. The highest BCUT2D eigenvalue weighted by atomic mass is 16.5. The van der Waals surface area contributed by atoms with E-state index in [1.165, 1.54) is 0 Å². The van der Waals surface area contributed by atoms with Crippen LogP contribution >= 0.6 is 0 Å². The second-order valence-electron chi connectivity index (χ2n) is 3.17. The summed E-state index contributed by atoms with van der Waals surface area (Å²) in [5, 5.41) is 2.76. The summed E-state index contributed by atoms with van der Waals surface area (Å²) in [4.78, 5) is 11.0. The number of hydrogen-bond acceptors (Lipinski definition) is 2. The van der Waals surface area contributed by atoms with Gasteiger partial charge in [-0.1, -0.05) is 5.92 Å². The van der Waals surface area contributed by atoms with E-state index in [0.29, 0.717) is 12.5 Å². The summed E-state index contributed by atoms with van der Waals surface area (Å²) in [6.45, 7) is 3.97. The Balaban J connectivity index is 2.16. The average Bonchev–Trinajstić information content (AvgIpc) is 2.17. The van der Waals surface area contributed by atoms with E-state index in [-0.39, 0.29) is 5.91 Å². The predicted molar refractivity (Wildman–Crippen MR) is 50.0 cm³/mol. The standard InChI is InChI=1S/C10H15NO2/c1-2-4-10(12)11-7-9-5-3-6-13-8-9/h9H,3,5-8H2,1H3,(H,11,12). The van der Waals surface area contributed by atoms with Gasteiger partial charge in [0.1, 0.15) is 0 Å². The second kappa shape index (κ2) is 5.60. The normalized spacial score (nSPS) is 21.5. The minimum atomic E-state index is -0.187. The quantitative estimate of drug-likeness (QED) is 0.632. The zero-order valence-corrected chi connectivity index (χ0v) is 7.93. The molecule has 1 aliphatic rings. The minimum Gasteiger partial charge on any atom is -0.381 e. The van der Waals surface area contributed by atoms with Crippen molar-refractivity contribution >= 4 is 5.91 Å². The Morgan fingerprint density at radius 2 is 2.54 bits per heavy atom. The molecule has 0 aromatic rings. The van der Waals surface area contributed by atoms with Gasteiger partial charge in [-0.15, -0.1) is 0 Å². The van der Waals surface area contributed by atoms with Crippen molar-refractivity contribution in [3.63, 3.8) is 0 Å². The molecule has 1 saturated heterocycles. The highest BCUT2D eigenvalue weighted by Gasteiger charge is 2.13. The van der Waals surface area contributed by atoms with Crippen molar-refractivity contribution < 1.29 is 9.53 Å². The molecule has 0 radical (unpaired) electrons. The maximum absolute atomic E-state index is 11.0. The maximum Gasteiger partial charge on any atom is 0.295 e. The number of hydrogen-bond donors (Lipinski definition) is 1. The van der Waals surface area contributed by atoms with Crippen molar-refractivity contribution in [2.24, 2.45) is 5.92 Å². The molecule has 3 nitrogen and oxygen atoms in total. The number of nitrogens with one attached hydrogen (secondary N) is 1. The summed E-state index contributed by atoms with van der Waals surface area (Å²) < 4.78 is 5.29. The third-order valence-electron chi connectivity index (χ3n) is 2.04. The van der Waals surface area contributed by atoms with Gasteiger partial charge in [-0.2, -0.15) is 0 Å². The van der Waals surface area contributed by atoms with Crippen molar-refractivity contribution in [1.82, 2.24) is 5.32 Å². The van der Waals surface area contributed by atoms with E-state index in [4.69, 9.17) is 4.74 Å². The van der Waals surface area contributed by atoms with E-state index in [2.05, 4.69) is 17.2 Å². The van der Waals surface area contributed by atoms with Gasteiger partial charge in [0.05, 0.1) is 6.61 Å². The molecule has 13 heavy (non-hydrogen) atoms. The Morgan fingerprint density at radius 1 is 1.69 bits per heavy atom. The number of rotatable bonds is 2. The molecule has 0 bridgehead atoms. The van der Waals surface area contributed by atoms with E-state index < -0.39 is 0 Å². The van der Waals surface area contributed by atoms with Crippen molar-refractivity contribution in [1.29, 1.82) is 0 Å². The molecule has 0 aliphatic carbocycles. The Labute approximate surface area is 78.8 Å². The Kier molecular flexibility index (Phi) is 4.34. The lowest BCUT2D eigenvalue weighted by atomic mass is 10.0. The molecule has 1 N–H and O–H groups in total. The SMILES string of the molecule is CC#CC(=O)NCC1CCCOC1. The van der Waals surface area contributed by atoms with E-state index >= 15 is 0 Å². The largest absolute Gasteiger partial charge is 0.381 e. The Morgan fingerprint density at radius 3 is 3.15 bits per heavy atom. The van der Waals surface area contributed by atoms with Crippen LogP contribution in [0.5, 0.6) is 0 Å². The van der Waals surface area contributed by atoms with E-state index in [1.54, 1.807) is 6.92 Å². The number of carbonyl (C=O) groups excluding carboxylic acids is 1. The van der Waals surface area contributed by atoms with Crippen LogP contribution in [0.15, 0.2) is 0 Å². The van der Waals surface area contributed by atoms with Crippen LogP contribution in [0.4, 0.5) is 0 Å². The highest BCUT2D eigenvalue weighted by molar-refractivity contribution is 5.93. The van der Waals surface area contributed by atoms with Crippen LogP contribution < -0.4 is 5.32 Å². The molecule has 72 valence electrons. The summed E-state index contributed by atoms with van der Waals surface area (Å²) in [5.74, 6) is 5.29. The topological polar surface area (TPSA) is 38.3 Å². The third-order valence-corrected chi connectivity index (χ3v) is 2.04. The molecule has 1 heterocycles. The van der Waals surface area contributed by atoms with Crippen molar-refractivity contribution in [3.05, 3.63) is 0 Å². The molecule has 1 atom stereocenters. The molecule has 1 aliphatic heterocycles. The zero-order valence-electron chi connectivity index (χ0n) is 7.93. The monoisotopic (exact) mass is 181 g/mol. The first-order valence-electron chi connectivity index (χ1n) is 4.61. The summed E-state index contributed by atoms with van der Waals surface area (Å²) in [6, 6.07) is 0. The molecular weight excluding hydrogens is 166 g/mol. The molecule has 3 heteroatoms. The predicted octanol–water partition coefficient (Wildman–Crippen LogP) is 0.552. The number of carbonyl (C=O) groups is 1.